The molecule has 0 aliphatic carbocycles. The third-order valence-electron chi connectivity index (χ3n) is 3.81. The van der Waals surface area contributed by atoms with Crippen LogP contribution in [0.25, 0.3) is 0 Å². The second kappa shape index (κ2) is 6.49. The zero-order valence-electron chi connectivity index (χ0n) is 13.1. The first kappa shape index (κ1) is 15.5. The third kappa shape index (κ3) is 3.29. The molecule has 1 amide bonds. The smallest absolute Gasteiger partial charge is 0.257 e. The first-order valence-corrected chi connectivity index (χ1v) is 8.05. The Bertz CT molecular complexity index is 939. The van der Waals surface area contributed by atoms with Crippen molar-refractivity contribution in [2.45, 2.75) is 6.54 Å². The van der Waals surface area contributed by atoms with Crippen LogP contribution in [0.5, 0.6) is 11.5 Å². The van der Waals surface area contributed by atoms with E-state index in [0.717, 1.165) is 5.56 Å². The summed E-state index contributed by atoms with van der Waals surface area (Å²) in [6.45, 7) is 0.701. The molecule has 0 saturated carbocycles. The molecule has 0 fully saturated rings. The lowest BCUT2D eigenvalue weighted by atomic mass is 10.2. The number of amides is 1. The van der Waals surface area contributed by atoms with Crippen molar-refractivity contribution in [3.05, 3.63) is 70.9 Å². The molecule has 7 heteroatoms. The summed E-state index contributed by atoms with van der Waals surface area (Å²) in [5.74, 6) is 1.41. The molecule has 6 nitrogen and oxygen atoms in total. The quantitative estimate of drug-likeness (QED) is 0.777. The van der Waals surface area contributed by atoms with Gasteiger partial charge in [-0.3, -0.25) is 9.48 Å². The highest BCUT2D eigenvalue weighted by molar-refractivity contribution is 6.31. The molecule has 2 heterocycles. The largest absolute Gasteiger partial charge is 0.454 e. The van der Waals surface area contributed by atoms with Gasteiger partial charge in [-0.15, -0.1) is 0 Å². The van der Waals surface area contributed by atoms with E-state index in [1.807, 2.05) is 24.3 Å². The number of halogens is 1. The molecule has 1 aliphatic rings. The van der Waals surface area contributed by atoms with Crippen molar-refractivity contribution in [3.63, 3.8) is 0 Å². The monoisotopic (exact) mass is 355 g/mol. The molecular formula is C18H14ClN3O3. The number of hydrogen-bond donors (Lipinski definition) is 1. The summed E-state index contributed by atoms with van der Waals surface area (Å²) >= 11 is 6.16. The van der Waals surface area contributed by atoms with E-state index >= 15 is 0 Å². The molecule has 126 valence electrons. The molecule has 0 unspecified atom stereocenters. The number of anilines is 1. The lowest BCUT2D eigenvalue weighted by molar-refractivity contribution is 0.102. The molecule has 0 atom stereocenters. The number of nitrogens with one attached hydrogen (secondary N) is 1. The van der Waals surface area contributed by atoms with Crippen LogP contribution >= 0.6 is 11.6 Å². The third-order valence-corrected chi connectivity index (χ3v) is 4.18. The van der Waals surface area contributed by atoms with Gasteiger partial charge in [0.15, 0.2) is 17.3 Å². The lowest BCUT2D eigenvalue weighted by Crippen LogP contribution is -2.12. The van der Waals surface area contributed by atoms with Crippen molar-refractivity contribution < 1.29 is 14.3 Å². The van der Waals surface area contributed by atoms with Crippen LogP contribution in [-0.2, 0) is 6.54 Å². The van der Waals surface area contributed by atoms with Crippen molar-refractivity contribution in [1.82, 2.24) is 9.78 Å². The fourth-order valence-corrected chi connectivity index (χ4v) is 2.74. The molecule has 1 aliphatic heterocycles. The van der Waals surface area contributed by atoms with Crippen LogP contribution in [0.2, 0.25) is 5.02 Å². The van der Waals surface area contributed by atoms with Gasteiger partial charge in [0.25, 0.3) is 5.91 Å². The van der Waals surface area contributed by atoms with Crippen molar-refractivity contribution in [3.8, 4) is 11.5 Å². The van der Waals surface area contributed by atoms with E-state index in [1.165, 1.54) is 0 Å². The fourth-order valence-electron chi connectivity index (χ4n) is 2.54. The van der Waals surface area contributed by atoms with Crippen LogP contribution in [0, 0.1) is 0 Å². The summed E-state index contributed by atoms with van der Waals surface area (Å²) in [5.41, 5.74) is 1.44. The zero-order chi connectivity index (χ0) is 17.2. The SMILES string of the molecule is O=C(Nc1ccn(Cc2ccccc2Cl)n1)c1ccc2c(c1)OCO2. The molecule has 1 aromatic heterocycles. The molecule has 0 saturated heterocycles. The topological polar surface area (TPSA) is 65.4 Å². The maximum Gasteiger partial charge on any atom is 0.257 e. The van der Waals surface area contributed by atoms with E-state index in [-0.39, 0.29) is 12.7 Å². The highest BCUT2D eigenvalue weighted by Crippen LogP contribution is 2.32. The average molecular weight is 356 g/mol. The highest BCUT2D eigenvalue weighted by Gasteiger charge is 2.16. The van der Waals surface area contributed by atoms with Crippen LogP contribution in [0.4, 0.5) is 5.82 Å². The molecule has 25 heavy (non-hydrogen) atoms. The average Bonchev–Trinajstić information content (AvgIpc) is 3.25. The van der Waals surface area contributed by atoms with E-state index in [0.29, 0.717) is 34.4 Å². The van der Waals surface area contributed by atoms with Gasteiger partial charge >= 0.3 is 0 Å². The highest BCUT2D eigenvalue weighted by atomic mass is 35.5. The standard InChI is InChI=1S/C18H14ClN3O3/c19-14-4-2-1-3-13(14)10-22-8-7-17(21-22)20-18(23)12-5-6-15-16(9-12)25-11-24-15/h1-9H,10-11H2,(H,20,21,23). The normalized spacial score (nSPS) is 12.2. The molecule has 1 N–H and O–H groups in total. The van der Waals surface area contributed by atoms with Crippen molar-refractivity contribution >= 4 is 23.3 Å². The van der Waals surface area contributed by atoms with Gasteiger partial charge in [0.2, 0.25) is 6.79 Å². The van der Waals surface area contributed by atoms with E-state index in [2.05, 4.69) is 10.4 Å². The van der Waals surface area contributed by atoms with Gasteiger partial charge in [0, 0.05) is 22.8 Å². The Morgan fingerprint density at radius 1 is 1.16 bits per heavy atom. The number of fused-ring (bicyclic) bond motifs is 1. The molecule has 0 spiro atoms. The van der Waals surface area contributed by atoms with Gasteiger partial charge < -0.3 is 14.8 Å². The van der Waals surface area contributed by atoms with Gasteiger partial charge in [-0.2, -0.15) is 5.10 Å². The summed E-state index contributed by atoms with van der Waals surface area (Å²) in [7, 11) is 0. The fraction of sp³-hybridized carbons (Fsp3) is 0.111. The zero-order valence-corrected chi connectivity index (χ0v) is 13.9. The Hall–Kier alpha value is -2.99. The van der Waals surface area contributed by atoms with E-state index in [9.17, 15) is 4.79 Å². The van der Waals surface area contributed by atoms with E-state index in [1.54, 1.807) is 35.1 Å². The second-order valence-electron chi connectivity index (χ2n) is 5.51. The van der Waals surface area contributed by atoms with Gasteiger partial charge in [0.1, 0.15) is 0 Å². The van der Waals surface area contributed by atoms with Crippen LogP contribution in [0.15, 0.2) is 54.7 Å². The first-order valence-electron chi connectivity index (χ1n) is 7.67. The number of benzene rings is 2. The van der Waals surface area contributed by atoms with Crippen LogP contribution in [0.1, 0.15) is 15.9 Å². The van der Waals surface area contributed by atoms with E-state index in [4.69, 9.17) is 21.1 Å². The second-order valence-corrected chi connectivity index (χ2v) is 5.92. The summed E-state index contributed by atoms with van der Waals surface area (Å²) in [6, 6.07) is 14.4. The maximum atomic E-state index is 12.4. The minimum atomic E-state index is -0.263. The number of carbonyl (C=O) groups excluding carboxylic acids is 1. The predicted octanol–water partition coefficient (Wildman–Crippen LogP) is 3.57. The number of aromatic nitrogens is 2. The Kier molecular flexibility index (Phi) is 4.03. The van der Waals surface area contributed by atoms with Crippen molar-refractivity contribution in [2.24, 2.45) is 0 Å². The molecule has 4 rings (SSSR count). The Morgan fingerprint density at radius 3 is 2.88 bits per heavy atom. The predicted molar refractivity (Wildman–Crippen MR) is 93.3 cm³/mol. The van der Waals surface area contributed by atoms with Gasteiger partial charge in [-0.05, 0) is 29.8 Å². The summed E-state index contributed by atoms with van der Waals surface area (Å²) in [6.07, 6.45) is 1.79. The molecule has 2 aromatic carbocycles. The lowest BCUT2D eigenvalue weighted by Gasteiger charge is -2.05. The van der Waals surface area contributed by atoms with E-state index < -0.39 is 0 Å². The molecule has 0 bridgehead atoms. The molecule has 3 aromatic rings. The summed E-state index contributed by atoms with van der Waals surface area (Å²) in [4.78, 5) is 12.4. The Morgan fingerprint density at radius 2 is 2.00 bits per heavy atom. The van der Waals surface area contributed by atoms with Gasteiger partial charge in [-0.1, -0.05) is 29.8 Å². The number of rotatable bonds is 4. The van der Waals surface area contributed by atoms with Crippen LogP contribution in [0.3, 0.4) is 0 Å². The molecule has 0 radical (unpaired) electrons. The number of nitrogens with zero attached hydrogens (tertiary/aromatic N) is 2. The van der Waals surface area contributed by atoms with Crippen LogP contribution < -0.4 is 14.8 Å². The van der Waals surface area contributed by atoms with Crippen molar-refractivity contribution in [1.29, 1.82) is 0 Å². The maximum absolute atomic E-state index is 12.4. The van der Waals surface area contributed by atoms with Crippen LogP contribution in [-0.4, -0.2) is 22.5 Å². The first-order chi connectivity index (χ1) is 12.2. The number of hydrogen-bond acceptors (Lipinski definition) is 4. The minimum Gasteiger partial charge on any atom is -0.454 e. The van der Waals surface area contributed by atoms with Crippen molar-refractivity contribution in [2.75, 3.05) is 12.1 Å². The van der Waals surface area contributed by atoms with Gasteiger partial charge in [-0.25, -0.2) is 0 Å². The number of carbonyl (C=O) groups is 1. The number of ether oxygens (including phenoxy) is 2. The minimum absolute atomic E-state index is 0.173. The summed E-state index contributed by atoms with van der Waals surface area (Å²) < 4.78 is 12.2. The Balaban J connectivity index is 1.46. The Labute approximate surface area is 148 Å². The molecular weight excluding hydrogens is 342 g/mol. The van der Waals surface area contributed by atoms with Gasteiger partial charge in [0.05, 0.1) is 6.54 Å². The summed E-state index contributed by atoms with van der Waals surface area (Å²) in [5, 5.41) is 7.81.